The summed E-state index contributed by atoms with van der Waals surface area (Å²) in [5, 5.41) is 3.98. The molecule has 4 rings (SSSR count). The van der Waals surface area contributed by atoms with Gasteiger partial charge in [-0.05, 0) is 67.6 Å². The third-order valence-electron chi connectivity index (χ3n) is 5.61. The molecule has 0 aromatic heterocycles. The van der Waals surface area contributed by atoms with E-state index in [2.05, 4.69) is 5.32 Å². The second kappa shape index (κ2) is 7.30. The number of benzene rings is 2. The smallest absolute Gasteiger partial charge is 0.337 e. The Morgan fingerprint density at radius 2 is 1.89 bits per heavy atom. The fourth-order valence-corrected chi connectivity index (χ4v) is 4.56. The number of ether oxygens (including phenoxy) is 2. The van der Waals surface area contributed by atoms with E-state index >= 15 is 0 Å². The monoisotopic (exact) mass is 419 g/mol. The van der Waals surface area contributed by atoms with Crippen molar-refractivity contribution in [2.45, 2.75) is 37.2 Å². The second-order valence-electron chi connectivity index (χ2n) is 7.18. The zero-order valence-electron chi connectivity index (χ0n) is 15.3. The molecule has 1 amide bonds. The van der Waals surface area contributed by atoms with E-state index < -0.39 is 11.4 Å². The molecule has 1 saturated carbocycles. The summed E-state index contributed by atoms with van der Waals surface area (Å²) in [6.45, 7) is 0. The van der Waals surface area contributed by atoms with Gasteiger partial charge in [0.05, 0.1) is 29.2 Å². The Balaban J connectivity index is 1.54. The third-order valence-corrected chi connectivity index (χ3v) is 6.14. The topological polar surface area (TPSA) is 64.6 Å². The molecule has 0 radical (unpaired) electrons. The van der Waals surface area contributed by atoms with Crippen molar-refractivity contribution in [3.05, 3.63) is 57.6 Å². The van der Waals surface area contributed by atoms with Crippen molar-refractivity contribution in [2.24, 2.45) is 0 Å². The number of esters is 1. The summed E-state index contributed by atoms with van der Waals surface area (Å²) < 4.78 is 10.9. The van der Waals surface area contributed by atoms with E-state index in [9.17, 15) is 9.59 Å². The van der Waals surface area contributed by atoms with Gasteiger partial charge in [0.15, 0.2) is 0 Å². The number of fused-ring (bicyclic) bond motifs is 2. The van der Waals surface area contributed by atoms with Crippen LogP contribution in [0.25, 0.3) is 0 Å². The van der Waals surface area contributed by atoms with Crippen LogP contribution >= 0.6 is 23.2 Å². The van der Waals surface area contributed by atoms with E-state index in [1.54, 1.807) is 36.4 Å². The summed E-state index contributed by atoms with van der Waals surface area (Å²) in [6.07, 6.45) is 2.63. The van der Waals surface area contributed by atoms with Gasteiger partial charge in [-0.1, -0.05) is 23.2 Å². The molecule has 0 atom stereocenters. The molecule has 0 saturated heterocycles. The summed E-state index contributed by atoms with van der Waals surface area (Å²) in [5.74, 6) is 0.162. The maximum Gasteiger partial charge on any atom is 0.337 e. The minimum absolute atomic E-state index is 0.0208. The number of rotatable bonds is 3. The molecule has 2 aliphatic rings. The highest BCUT2D eigenvalue weighted by atomic mass is 35.5. The molecule has 1 heterocycles. The molecule has 0 bridgehead atoms. The van der Waals surface area contributed by atoms with Gasteiger partial charge >= 0.3 is 5.97 Å². The lowest BCUT2D eigenvalue weighted by Gasteiger charge is -2.36. The minimum Gasteiger partial charge on any atom is -0.489 e. The summed E-state index contributed by atoms with van der Waals surface area (Å²) in [7, 11) is 1.35. The van der Waals surface area contributed by atoms with E-state index in [0.29, 0.717) is 47.0 Å². The molecule has 1 aliphatic heterocycles. The first-order valence-electron chi connectivity index (χ1n) is 9.09. The van der Waals surface area contributed by atoms with Crippen molar-refractivity contribution < 1.29 is 19.1 Å². The SMILES string of the molecule is COC(=O)c1ccc2c(c1)C1(CCC(Oc3ccc(Cl)cc3Cl)CC1)C(=O)N2. The molecule has 146 valence electrons. The van der Waals surface area contributed by atoms with Crippen molar-refractivity contribution in [2.75, 3.05) is 12.4 Å². The number of carbonyl (C=O) groups excluding carboxylic acids is 2. The van der Waals surface area contributed by atoms with Crippen LogP contribution in [-0.2, 0) is 14.9 Å². The van der Waals surface area contributed by atoms with Crippen LogP contribution in [0.15, 0.2) is 36.4 Å². The van der Waals surface area contributed by atoms with Crippen LogP contribution in [0.5, 0.6) is 5.75 Å². The van der Waals surface area contributed by atoms with Crippen molar-refractivity contribution in [1.29, 1.82) is 0 Å². The average molecular weight is 420 g/mol. The predicted molar refractivity (Wildman–Crippen MR) is 107 cm³/mol. The normalized spacial score (nSPS) is 23.2. The van der Waals surface area contributed by atoms with Gasteiger partial charge in [-0.3, -0.25) is 4.79 Å². The maximum absolute atomic E-state index is 12.8. The highest BCUT2D eigenvalue weighted by Crippen LogP contribution is 2.48. The number of carbonyl (C=O) groups is 2. The summed E-state index contributed by atoms with van der Waals surface area (Å²) >= 11 is 12.1. The standard InChI is InChI=1S/C21H19Cl2NO4/c1-27-19(25)12-2-4-17-15(10-12)21(20(26)24-17)8-6-14(7-9-21)28-18-5-3-13(22)11-16(18)23/h2-5,10-11,14H,6-9H2,1H3,(H,24,26). The first kappa shape index (κ1) is 19.1. The van der Waals surface area contributed by atoms with Gasteiger partial charge < -0.3 is 14.8 Å². The van der Waals surface area contributed by atoms with Crippen LogP contribution in [0.1, 0.15) is 41.6 Å². The van der Waals surface area contributed by atoms with Crippen LogP contribution in [0.3, 0.4) is 0 Å². The number of hydrogen-bond donors (Lipinski definition) is 1. The molecular weight excluding hydrogens is 401 g/mol. The zero-order valence-corrected chi connectivity index (χ0v) is 16.8. The van der Waals surface area contributed by atoms with Crippen molar-refractivity contribution in [3.63, 3.8) is 0 Å². The van der Waals surface area contributed by atoms with Crippen molar-refractivity contribution in [3.8, 4) is 5.75 Å². The number of hydrogen-bond acceptors (Lipinski definition) is 4. The molecule has 0 unspecified atom stereocenters. The molecular formula is C21H19Cl2NO4. The Labute approximate surface area is 172 Å². The van der Waals surface area contributed by atoms with E-state index in [0.717, 1.165) is 11.3 Å². The number of anilines is 1. The quantitative estimate of drug-likeness (QED) is 0.711. The largest absolute Gasteiger partial charge is 0.489 e. The summed E-state index contributed by atoms with van der Waals surface area (Å²) in [5.41, 5.74) is 1.44. The van der Waals surface area contributed by atoms with E-state index in [-0.39, 0.29) is 12.0 Å². The highest BCUT2D eigenvalue weighted by molar-refractivity contribution is 6.35. The van der Waals surface area contributed by atoms with Crippen LogP contribution in [0, 0.1) is 0 Å². The Hall–Kier alpha value is -2.24. The van der Waals surface area contributed by atoms with E-state index in [4.69, 9.17) is 32.7 Å². The molecule has 28 heavy (non-hydrogen) atoms. The minimum atomic E-state index is -0.636. The molecule has 7 heteroatoms. The van der Waals surface area contributed by atoms with Gasteiger partial charge in [0, 0.05) is 10.7 Å². The fourth-order valence-electron chi connectivity index (χ4n) is 4.11. The predicted octanol–water partition coefficient (Wildman–Crippen LogP) is 4.99. The number of amides is 1. The van der Waals surface area contributed by atoms with Gasteiger partial charge in [-0.25, -0.2) is 4.79 Å². The van der Waals surface area contributed by atoms with E-state index in [1.165, 1.54) is 7.11 Å². The average Bonchev–Trinajstić information content (AvgIpc) is 2.96. The molecule has 1 spiro atoms. The van der Waals surface area contributed by atoms with Crippen molar-refractivity contribution in [1.82, 2.24) is 0 Å². The lowest BCUT2D eigenvalue weighted by Crippen LogP contribution is -2.41. The lowest BCUT2D eigenvalue weighted by molar-refractivity contribution is -0.122. The first-order valence-corrected chi connectivity index (χ1v) is 9.84. The lowest BCUT2D eigenvalue weighted by atomic mass is 9.69. The fraction of sp³-hybridized carbons (Fsp3) is 0.333. The molecule has 1 aliphatic carbocycles. The highest BCUT2D eigenvalue weighted by Gasteiger charge is 2.49. The Morgan fingerprint density at radius 1 is 1.14 bits per heavy atom. The van der Waals surface area contributed by atoms with Crippen LogP contribution < -0.4 is 10.1 Å². The summed E-state index contributed by atoms with van der Waals surface area (Å²) in [6, 6.07) is 10.4. The van der Waals surface area contributed by atoms with Crippen LogP contribution in [0.2, 0.25) is 10.0 Å². The summed E-state index contributed by atoms with van der Waals surface area (Å²) in [4.78, 5) is 24.7. The number of nitrogens with one attached hydrogen (secondary N) is 1. The van der Waals surface area contributed by atoms with Gasteiger partial charge in [0.25, 0.3) is 0 Å². The zero-order chi connectivity index (χ0) is 19.9. The molecule has 2 aromatic carbocycles. The van der Waals surface area contributed by atoms with Gasteiger partial charge in [-0.2, -0.15) is 0 Å². The third kappa shape index (κ3) is 3.23. The molecule has 5 nitrogen and oxygen atoms in total. The van der Waals surface area contributed by atoms with E-state index in [1.807, 2.05) is 0 Å². The Bertz CT molecular complexity index is 951. The van der Waals surface area contributed by atoms with Crippen LogP contribution in [-0.4, -0.2) is 25.1 Å². The molecule has 1 N–H and O–H groups in total. The van der Waals surface area contributed by atoms with Gasteiger partial charge in [-0.15, -0.1) is 0 Å². The van der Waals surface area contributed by atoms with Crippen LogP contribution in [0.4, 0.5) is 5.69 Å². The molecule has 1 fully saturated rings. The van der Waals surface area contributed by atoms with Gasteiger partial charge in [0.2, 0.25) is 5.91 Å². The second-order valence-corrected chi connectivity index (χ2v) is 8.02. The van der Waals surface area contributed by atoms with Gasteiger partial charge in [0.1, 0.15) is 5.75 Å². The van der Waals surface area contributed by atoms with Crippen molar-refractivity contribution >= 4 is 40.8 Å². The Morgan fingerprint density at radius 3 is 2.57 bits per heavy atom. The maximum atomic E-state index is 12.8. The first-order chi connectivity index (χ1) is 13.4. The Kier molecular flexibility index (Phi) is 4.98. The molecule has 2 aromatic rings. The number of halogens is 2. The number of methoxy groups -OCH3 is 1.